The van der Waals surface area contributed by atoms with Crippen LogP contribution in [0.3, 0.4) is 0 Å². The van der Waals surface area contributed by atoms with Gasteiger partial charge in [-0.25, -0.2) is 0 Å². The van der Waals surface area contributed by atoms with Gasteiger partial charge in [-0.3, -0.25) is 9.59 Å². The minimum Gasteiger partial charge on any atom is -0.361 e. The van der Waals surface area contributed by atoms with Gasteiger partial charge >= 0.3 is 0 Å². The zero-order chi connectivity index (χ0) is 13.2. The van der Waals surface area contributed by atoms with E-state index in [0.29, 0.717) is 18.5 Å². The molecule has 0 bridgehead atoms. The summed E-state index contributed by atoms with van der Waals surface area (Å²) < 4.78 is 0. The van der Waals surface area contributed by atoms with E-state index < -0.39 is 0 Å². The number of nitrogens with one attached hydrogen (secondary N) is 2. The molecule has 1 aromatic carbocycles. The highest BCUT2D eigenvalue weighted by Gasteiger charge is 2.24. The molecule has 1 aromatic heterocycles. The summed E-state index contributed by atoms with van der Waals surface area (Å²) in [5.74, 6) is 0.165. The van der Waals surface area contributed by atoms with Crippen LogP contribution in [0.2, 0.25) is 0 Å². The van der Waals surface area contributed by atoms with Crippen LogP contribution < -0.4 is 5.32 Å². The van der Waals surface area contributed by atoms with Crippen molar-refractivity contribution in [2.24, 2.45) is 5.92 Å². The highest BCUT2D eigenvalue weighted by Crippen LogP contribution is 2.21. The lowest BCUT2D eigenvalue weighted by Crippen LogP contribution is -2.31. The molecule has 1 aliphatic carbocycles. The molecule has 98 valence electrons. The summed E-state index contributed by atoms with van der Waals surface area (Å²) in [6.07, 6.45) is 4.33. The monoisotopic (exact) mass is 256 g/mol. The first-order valence-electron chi connectivity index (χ1n) is 6.63. The summed E-state index contributed by atoms with van der Waals surface area (Å²) in [5, 5.41) is 3.89. The number of Topliss-reactive ketones (excluding diaryl/α,β-unsaturated/α-hetero) is 1. The van der Waals surface area contributed by atoms with E-state index in [1.807, 2.05) is 24.4 Å². The number of amides is 1. The summed E-state index contributed by atoms with van der Waals surface area (Å²) in [6.45, 7) is 0.453. The molecule has 4 nitrogen and oxygen atoms in total. The standard InChI is InChI=1S/C15H16N2O2/c18-13-6-2-4-11(13)9-17-15(19)12-5-1-3-10-7-8-16-14(10)12/h1,3,5,7-8,11,16H,2,4,6,9H2,(H,17,19). The van der Waals surface area contributed by atoms with Crippen LogP contribution in [-0.4, -0.2) is 23.2 Å². The first kappa shape index (κ1) is 12.0. The van der Waals surface area contributed by atoms with Crippen molar-refractivity contribution in [2.45, 2.75) is 19.3 Å². The Morgan fingerprint density at radius 2 is 2.26 bits per heavy atom. The smallest absolute Gasteiger partial charge is 0.253 e. The maximum Gasteiger partial charge on any atom is 0.253 e. The van der Waals surface area contributed by atoms with Crippen LogP contribution in [0.4, 0.5) is 0 Å². The predicted molar refractivity (Wildman–Crippen MR) is 73.0 cm³/mol. The molecule has 1 saturated carbocycles. The van der Waals surface area contributed by atoms with Gasteiger partial charge in [-0.05, 0) is 25.0 Å². The van der Waals surface area contributed by atoms with Gasteiger partial charge in [-0.15, -0.1) is 0 Å². The van der Waals surface area contributed by atoms with Gasteiger partial charge in [0.1, 0.15) is 5.78 Å². The van der Waals surface area contributed by atoms with Crippen molar-refractivity contribution in [3.8, 4) is 0 Å². The molecule has 1 fully saturated rings. The summed E-state index contributed by atoms with van der Waals surface area (Å²) in [6, 6.07) is 7.56. The van der Waals surface area contributed by atoms with Gasteiger partial charge in [0.2, 0.25) is 0 Å². The lowest BCUT2D eigenvalue weighted by atomic mass is 10.1. The fourth-order valence-corrected chi connectivity index (χ4v) is 2.69. The Labute approximate surface area is 111 Å². The van der Waals surface area contributed by atoms with Gasteiger partial charge in [0.15, 0.2) is 0 Å². The third-order valence-corrected chi connectivity index (χ3v) is 3.77. The number of H-pyrrole nitrogens is 1. The Balaban J connectivity index is 1.73. The lowest BCUT2D eigenvalue weighted by molar-refractivity contribution is -0.120. The molecular weight excluding hydrogens is 240 g/mol. The third-order valence-electron chi connectivity index (χ3n) is 3.77. The van der Waals surface area contributed by atoms with Crippen LogP contribution in [0.1, 0.15) is 29.6 Å². The van der Waals surface area contributed by atoms with Crippen LogP contribution in [0, 0.1) is 5.92 Å². The van der Waals surface area contributed by atoms with E-state index in [2.05, 4.69) is 10.3 Å². The van der Waals surface area contributed by atoms with Crippen LogP contribution in [0.15, 0.2) is 30.5 Å². The van der Waals surface area contributed by atoms with Crippen molar-refractivity contribution in [3.63, 3.8) is 0 Å². The number of para-hydroxylation sites is 1. The number of aromatic amines is 1. The van der Waals surface area contributed by atoms with Crippen molar-refractivity contribution in [2.75, 3.05) is 6.54 Å². The van der Waals surface area contributed by atoms with Crippen LogP contribution in [-0.2, 0) is 4.79 Å². The Kier molecular flexibility index (Phi) is 3.07. The van der Waals surface area contributed by atoms with Crippen LogP contribution in [0.25, 0.3) is 10.9 Å². The zero-order valence-electron chi connectivity index (χ0n) is 10.6. The molecule has 19 heavy (non-hydrogen) atoms. The number of ketones is 1. The average molecular weight is 256 g/mol. The first-order valence-corrected chi connectivity index (χ1v) is 6.63. The van der Waals surface area contributed by atoms with E-state index in [9.17, 15) is 9.59 Å². The molecule has 4 heteroatoms. The Hall–Kier alpha value is -2.10. The molecule has 3 rings (SSSR count). The van der Waals surface area contributed by atoms with Crippen molar-refractivity contribution in [1.82, 2.24) is 10.3 Å². The van der Waals surface area contributed by atoms with E-state index in [-0.39, 0.29) is 17.6 Å². The number of hydrogen-bond acceptors (Lipinski definition) is 2. The van der Waals surface area contributed by atoms with Crippen molar-refractivity contribution >= 4 is 22.6 Å². The molecule has 1 atom stereocenters. The number of hydrogen-bond donors (Lipinski definition) is 2. The molecule has 1 unspecified atom stereocenters. The van der Waals surface area contributed by atoms with Gasteiger partial charge < -0.3 is 10.3 Å². The summed E-state index contributed by atoms with van der Waals surface area (Å²) in [4.78, 5) is 26.8. The highest BCUT2D eigenvalue weighted by atomic mass is 16.2. The van der Waals surface area contributed by atoms with E-state index in [1.54, 1.807) is 6.07 Å². The number of carbonyl (C=O) groups is 2. The molecule has 0 spiro atoms. The normalized spacial score (nSPS) is 18.9. The molecule has 2 aromatic rings. The molecular formula is C15H16N2O2. The summed E-state index contributed by atoms with van der Waals surface area (Å²) >= 11 is 0. The van der Waals surface area contributed by atoms with Crippen molar-refractivity contribution < 1.29 is 9.59 Å². The van der Waals surface area contributed by atoms with Crippen molar-refractivity contribution in [3.05, 3.63) is 36.0 Å². The molecule has 1 aliphatic rings. The van der Waals surface area contributed by atoms with E-state index in [4.69, 9.17) is 0 Å². The molecule has 0 saturated heterocycles. The van der Waals surface area contributed by atoms with Gasteiger partial charge in [0, 0.05) is 30.5 Å². The fraction of sp³-hybridized carbons (Fsp3) is 0.333. The Morgan fingerprint density at radius 3 is 3.05 bits per heavy atom. The van der Waals surface area contributed by atoms with Gasteiger partial charge in [0.05, 0.1) is 11.1 Å². The van der Waals surface area contributed by atoms with Crippen molar-refractivity contribution in [1.29, 1.82) is 0 Å². The maximum absolute atomic E-state index is 12.2. The summed E-state index contributed by atoms with van der Waals surface area (Å²) in [7, 11) is 0. The highest BCUT2D eigenvalue weighted by molar-refractivity contribution is 6.05. The predicted octanol–water partition coefficient (Wildman–Crippen LogP) is 2.27. The number of carbonyl (C=O) groups excluding carboxylic acids is 2. The lowest BCUT2D eigenvalue weighted by Gasteiger charge is -2.10. The third kappa shape index (κ3) is 2.26. The molecule has 1 heterocycles. The maximum atomic E-state index is 12.2. The minimum atomic E-state index is -0.118. The molecule has 0 radical (unpaired) electrons. The van der Waals surface area contributed by atoms with Gasteiger partial charge in [-0.2, -0.15) is 0 Å². The van der Waals surface area contributed by atoms with Crippen LogP contribution in [0.5, 0.6) is 0 Å². The number of benzene rings is 1. The second kappa shape index (κ2) is 4.88. The number of rotatable bonds is 3. The Bertz CT molecular complexity index is 630. The molecule has 0 aliphatic heterocycles. The largest absolute Gasteiger partial charge is 0.361 e. The zero-order valence-corrected chi connectivity index (χ0v) is 10.6. The molecule has 1 amide bonds. The second-order valence-electron chi connectivity index (χ2n) is 5.01. The first-order chi connectivity index (χ1) is 9.25. The van der Waals surface area contributed by atoms with E-state index in [1.165, 1.54) is 0 Å². The average Bonchev–Trinajstić information content (AvgIpc) is 3.04. The van der Waals surface area contributed by atoms with E-state index >= 15 is 0 Å². The number of fused-ring (bicyclic) bond motifs is 1. The minimum absolute atomic E-state index is 0.00629. The quantitative estimate of drug-likeness (QED) is 0.884. The molecule has 2 N–H and O–H groups in total. The van der Waals surface area contributed by atoms with Gasteiger partial charge in [-0.1, -0.05) is 12.1 Å². The fourth-order valence-electron chi connectivity index (χ4n) is 2.69. The van der Waals surface area contributed by atoms with Gasteiger partial charge in [0.25, 0.3) is 5.91 Å². The SMILES string of the molecule is O=C(NCC1CCCC1=O)c1cccc2cc[nH]c12. The second-order valence-corrected chi connectivity index (χ2v) is 5.01. The van der Waals surface area contributed by atoms with Crippen LogP contribution >= 0.6 is 0 Å². The summed E-state index contributed by atoms with van der Waals surface area (Å²) in [5.41, 5.74) is 1.48. The topological polar surface area (TPSA) is 62.0 Å². The Morgan fingerprint density at radius 1 is 1.37 bits per heavy atom. The van der Waals surface area contributed by atoms with E-state index in [0.717, 1.165) is 23.7 Å². The number of aromatic nitrogens is 1.